The Morgan fingerprint density at radius 2 is 1.74 bits per heavy atom. The summed E-state index contributed by atoms with van der Waals surface area (Å²) in [6.07, 6.45) is 2.99. The molecule has 3 aromatic rings. The van der Waals surface area contributed by atoms with Crippen LogP contribution in [0.3, 0.4) is 0 Å². The number of ether oxygens (including phenoxy) is 2. The Morgan fingerprint density at radius 3 is 2.48 bits per heavy atom. The van der Waals surface area contributed by atoms with Gasteiger partial charge in [0.2, 0.25) is 0 Å². The first-order valence-corrected chi connectivity index (χ1v) is 9.95. The molecule has 4 nitrogen and oxygen atoms in total. The van der Waals surface area contributed by atoms with Crippen LogP contribution in [0.2, 0.25) is 5.02 Å². The molecular weight excluding hydrogens is 360 g/mol. The molecule has 0 bridgehead atoms. The lowest BCUT2D eigenvalue weighted by molar-refractivity contribution is 0.288. The molecule has 0 atom stereocenters. The predicted molar refractivity (Wildman–Crippen MR) is 113 cm³/mol. The van der Waals surface area contributed by atoms with E-state index in [1.54, 1.807) is 0 Å². The number of aromatic nitrogens is 1. The third-order valence-corrected chi connectivity index (χ3v) is 4.82. The van der Waals surface area contributed by atoms with Crippen molar-refractivity contribution in [2.24, 2.45) is 5.73 Å². The summed E-state index contributed by atoms with van der Waals surface area (Å²) >= 11 is 6.26. The van der Waals surface area contributed by atoms with Gasteiger partial charge < -0.3 is 20.2 Å². The van der Waals surface area contributed by atoms with E-state index in [4.69, 9.17) is 26.8 Å². The average molecular weight is 387 g/mol. The van der Waals surface area contributed by atoms with Crippen LogP contribution >= 0.6 is 11.6 Å². The lowest BCUT2D eigenvalue weighted by atomic mass is 10.00. The number of hydrogen-bond donors (Lipinski definition) is 2. The molecule has 0 amide bonds. The number of H-pyrrole nitrogens is 1. The van der Waals surface area contributed by atoms with Crippen LogP contribution in [-0.4, -0.2) is 24.7 Å². The van der Waals surface area contributed by atoms with Crippen LogP contribution in [0.15, 0.2) is 36.4 Å². The van der Waals surface area contributed by atoms with Crippen molar-refractivity contribution in [3.05, 3.63) is 47.0 Å². The van der Waals surface area contributed by atoms with Crippen molar-refractivity contribution in [3.63, 3.8) is 0 Å². The van der Waals surface area contributed by atoms with Crippen LogP contribution in [0.4, 0.5) is 0 Å². The Balaban J connectivity index is 2.09. The van der Waals surface area contributed by atoms with E-state index in [2.05, 4.69) is 11.1 Å². The molecule has 0 aliphatic carbocycles. The predicted octanol–water partition coefficient (Wildman–Crippen LogP) is 5.57. The maximum atomic E-state index is 6.26. The van der Waals surface area contributed by atoms with Gasteiger partial charge in [-0.2, -0.15) is 0 Å². The highest BCUT2D eigenvalue weighted by molar-refractivity contribution is 6.31. The quantitative estimate of drug-likeness (QED) is 0.473. The zero-order valence-electron chi connectivity index (χ0n) is 16.0. The number of halogens is 1. The molecule has 27 heavy (non-hydrogen) atoms. The first kappa shape index (κ1) is 19.6. The van der Waals surface area contributed by atoms with Crippen LogP contribution in [-0.2, 0) is 6.42 Å². The SMILES string of the molecule is CCOc1ccc(-c2[nH]c3ccc(Cl)cc3c2CCCCN)cc1OCC. The van der Waals surface area contributed by atoms with Gasteiger partial charge in [-0.15, -0.1) is 0 Å². The number of benzene rings is 2. The Bertz CT molecular complexity index is 905. The number of fused-ring (bicyclic) bond motifs is 1. The van der Waals surface area contributed by atoms with Crippen LogP contribution < -0.4 is 15.2 Å². The number of unbranched alkanes of at least 4 members (excludes halogenated alkanes) is 1. The highest BCUT2D eigenvalue weighted by Crippen LogP contribution is 2.37. The maximum absolute atomic E-state index is 6.26. The fraction of sp³-hybridized carbons (Fsp3) is 0.364. The van der Waals surface area contributed by atoms with Crippen molar-refractivity contribution >= 4 is 22.5 Å². The van der Waals surface area contributed by atoms with Gasteiger partial charge in [0.15, 0.2) is 11.5 Å². The first-order valence-electron chi connectivity index (χ1n) is 9.58. The summed E-state index contributed by atoms with van der Waals surface area (Å²) < 4.78 is 11.5. The Morgan fingerprint density at radius 1 is 0.963 bits per heavy atom. The highest BCUT2D eigenvalue weighted by atomic mass is 35.5. The molecule has 0 fully saturated rings. The molecule has 1 heterocycles. The molecule has 2 aromatic carbocycles. The molecule has 3 N–H and O–H groups in total. The van der Waals surface area contributed by atoms with Crippen LogP contribution in [0.5, 0.6) is 11.5 Å². The molecule has 144 valence electrons. The largest absolute Gasteiger partial charge is 0.490 e. The van der Waals surface area contributed by atoms with Crippen LogP contribution in [0.25, 0.3) is 22.2 Å². The van der Waals surface area contributed by atoms with Gasteiger partial charge in [0.1, 0.15) is 0 Å². The standard InChI is InChI=1S/C22H27ClN2O2/c1-3-26-20-11-8-15(13-21(20)27-4-2)22-17(7-5-6-12-24)18-14-16(23)9-10-19(18)25-22/h8-11,13-14,25H,3-7,12,24H2,1-2H3. The smallest absolute Gasteiger partial charge is 0.161 e. The summed E-state index contributed by atoms with van der Waals surface area (Å²) in [4.78, 5) is 3.57. The highest BCUT2D eigenvalue weighted by Gasteiger charge is 2.16. The van der Waals surface area contributed by atoms with Crippen LogP contribution in [0, 0.1) is 0 Å². The Kier molecular flexibility index (Phi) is 6.64. The molecule has 1 aromatic heterocycles. The van der Waals surface area contributed by atoms with Crippen LogP contribution in [0.1, 0.15) is 32.3 Å². The van der Waals surface area contributed by atoms with Crippen molar-refractivity contribution < 1.29 is 9.47 Å². The summed E-state index contributed by atoms with van der Waals surface area (Å²) in [7, 11) is 0. The van der Waals surface area contributed by atoms with Gasteiger partial charge in [-0.25, -0.2) is 0 Å². The number of rotatable bonds is 9. The van der Waals surface area contributed by atoms with E-state index in [1.807, 2.05) is 44.2 Å². The Hall–Kier alpha value is -2.17. The van der Waals surface area contributed by atoms with E-state index in [-0.39, 0.29) is 0 Å². The van der Waals surface area contributed by atoms with E-state index in [0.717, 1.165) is 52.6 Å². The molecule has 5 heteroatoms. The zero-order chi connectivity index (χ0) is 19.2. The number of nitrogens with two attached hydrogens (primary N) is 1. The van der Waals surface area contributed by atoms with Gasteiger partial charge in [0.05, 0.1) is 13.2 Å². The number of aryl methyl sites for hydroxylation is 1. The molecule has 0 unspecified atom stereocenters. The minimum absolute atomic E-state index is 0.592. The van der Waals surface area contributed by atoms with Gasteiger partial charge >= 0.3 is 0 Å². The second-order valence-electron chi connectivity index (χ2n) is 6.44. The molecule has 0 aliphatic heterocycles. The first-order chi connectivity index (χ1) is 13.2. The van der Waals surface area contributed by atoms with Crippen molar-refractivity contribution in [2.45, 2.75) is 33.1 Å². The third kappa shape index (κ3) is 4.40. The molecule has 3 rings (SSSR count). The topological polar surface area (TPSA) is 60.3 Å². The van der Waals surface area contributed by atoms with Crippen molar-refractivity contribution in [1.82, 2.24) is 4.98 Å². The van der Waals surface area contributed by atoms with Gasteiger partial charge in [-0.3, -0.25) is 0 Å². The normalized spacial score (nSPS) is 11.1. The molecular formula is C22H27ClN2O2. The molecule has 0 spiro atoms. The van der Waals surface area contributed by atoms with E-state index in [9.17, 15) is 0 Å². The lowest BCUT2D eigenvalue weighted by Crippen LogP contribution is -2.00. The Labute approximate surface area is 165 Å². The van der Waals surface area contributed by atoms with Gasteiger partial charge in [0, 0.05) is 27.2 Å². The van der Waals surface area contributed by atoms with E-state index in [0.29, 0.717) is 19.8 Å². The lowest BCUT2D eigenvalue weighted by Gasteiger charge is -2.13. The maximum Gasteiger partial charge on any atom is 0.161 e. The summed E-state index contributed by atoms with van der Waals surface area (Å²) in [5.74, 6) is 1.54. The summed E-state index contributed by atoms with van der Waals surface area (Å²) in [6, 6.07) is 12.1. The minimum Gasteiger partial charge on any atom is -0.490 e. The van der Waals surface area contributed by atoms with Gasteiger partial charge in [-0.05, 0) is 81.6 Å². The second kappa shape index (κ2) is 9.16. The fourth-order valence-corrected chi connectivity index (χ4v) is 3.55. The number of aromatic amines is 1. The zero-order valence-corrected chi connectivity index (χ0v) is 16.7. The van der Waals surface area contributed by atoms with Crippen molar-refractivity contribution in [2.75, 3.05) is 19.8 Å². The molecule has 0 saturated heterocycles. The number of hydrogen-bond acceptors (Lipinski definition) is 3. The third-order valence-electron chi connectivity index (χ3n) is 4.58. The summed E-state index contributed by atoms with van der Waals surface area (Å²) in [5.41, 5.74) is 10.2. The second-order valence-corrected chi connectivity index (χ2v) is 6.88. The van der Waals surface area contributed by atoms with Crippen molar-refractivity contribution in [3.8, 4) is 22.8 Å². The molecule has 0 saturated carbocycles. The fourth-order valence-electron chi connectivity index (χ4n) is 3.38. The summed E-state index contributed by atoms with van der Waals surface area (Å²) in [6.45, 7) is 5.85. The van der Waals surface area contributed by atoms with E-state index < -0.39 is 0 Å². The summed E-state index contributed by atoms with van der Waals surface area (Å²) in [5, 5.41) is 1.91. The molecule has 0 aliphatic rings. The minimum atomic E-state index is 0.592. The number of nitrogens with one attached hydrogen (secondary N) is 1. The van der Waals surface area contributed by atoms with E-state index in [1.165, 1.54) is 10.9 Å². The monoisotopic (exact) mass is 386 g/mol. The van der Waals surface area contributed by atoms with Crippen molar-refractivity contribution in [1.29, 1.82) is 0 Å². The van der Waals surface area contributed by atoms with E-state index >= 15 is 0 Å². The average Bonchev–Trinajstić information content (AvgIpc) is 3.02. The van der Waals surface area contributed by atoms with Gasteiger partial charge in [-0.1, -0.05) is 11.6 Å². The van der Waals surface area contributed by atoms with Gasteiger partial charge in [0.25, 0.3) is 0 Å². The molecule has 0 radical (unpaired) electrons.